The molecule has 3 aromatic rings. The molecule has 3 amide bonds. The Balaban J connectivity index is 1.76. The zero-order valence-corrected chi connectivity index (χ0v) is 30.0. The third-order valence-electron chi connectivity index (χ3n) is 8.00. The number of carbonyl (C=O) groups is 4. The summed E-state index contributed by atoms with van der Waals surface area (Å²) >= 11 is 0. The number of hydrogen-bond acceptors (Lipinski definition) is 6. The summed E-state index contributed by atoms with van der Waals surface area (Å²) in [7, 11) is 0. The molecule has 0 radical (unpaired) electrons. The van der Waals surface area contributed by atoms with E-state index in [1.807, 2.05) is 92.7 Å². The summed E-state index contributed by atoms with van der Waals surface area (Å²) in [5.74, 6) is -1.48. The summed E-state index contributed by atoms with van der Waals surface area (Å²) < 4.78 is 11.3. The van der Waals surface area contributed by atoms with Crippen molar-refractivity contribution in [3.05, 3.63) is 107 Å². The Kier molecular flexibility index (Phi) is 11.9. The molecule has 1 fully saturated rings. The zero-order chi connectivity index (χ0) is 35.9. The van der Waals surface area contributed by atoms with Gasteiger partial charge < -0.3 is 25.0 Å². The van der Waals surface area contributed by atoms with Crippen LogP contribution in [0.2, 0.25) is 0 Å². The van der Waals surface area contributed by atoms with Gasteiger partial charge in [-0.3, -0.25) is 9.59 Å². The first kappa shape index (κ1) is 37.2. The topological polar surface area (TPSA) is 114 Å². The van der Waals surface area contributed by atoms with Crippen LogP contribution < -0.4 is 10.6 Å². The summed E-state index contributed by atoms with van der Waals surface area (Å²) in [6, 6.07) is 21.2. The van der Waals surface area contributed by atoms with Crippen molar-refractivity contribution in [1.29, 1.82) is 0 Å². The van der Waals surface area contributed by atoms with Crippen LogP contribution in [0.25, 0.3) is 0 Å². The Bertz CT molecular complexity index is 1610. The molecule has 0 aromatic heterocycles. The van der Waals surface area contributed by atoms with Crippen molar-refractivity contribution < 1.29 is 28.7 Å². The van der Waals surface area contributed by atoms with Crippen molar-refractivity contribution in [3.63, 3.8) is 0 Å². The normalized spacial score (nSPS) is 14.9. The summed E-state index contributed by atoms with van der Waals surface area (Å²) in [6.07, 6.45) is 1.07. The molecule has 3 unspecified atom stereocenters. The summed E-state index contributed by atoms with van der Waals surface area (Å²) in [4.78, 5) is 57.8. The van der Waals surface area contributed by atoms with Gasteiger partial charge in [0.1, 0.15) is 29.3 Å². The molecule has 9 heteroatoms. The van der Waals surface area contributed by atoms with Gasteiger partial charge in [0.2, 0.25) is 11.8 Å². The van der Waals surface area contributed by atoms with E-state index >= 15 is 0 Å². The van der Waals surface area contributed by atoms with E-state index in [-0.39, 0.29) is 18.9 Å². The molecule has 2 N–H and O–H groups in total. The summed E-state index contributed by atoms with van der Waals surface area (Å²) in [6.45, 7) is 14.5. The van der Waals surface area contributed by atoms with E-state index < -0.39 is 53.2 Å². The minimum Gasteiger partial charge on any atom is -0.458 e. The second-order valence-corrected chi connectivity index (χ2v) is 14.9. The molecular weight excluding hydrogens is 618 g/mol. The van der Waals surface area contributed by atoms with E-state index in [1.165, 1.54) is 0 Å². The Morgan fingerprint density at radius 3 is 1.76 bits per heavy atom. The molecule has 0 saturated heterocycles. The van der Waals surface area contributed by atoms with Gasteiger partial charge in [0.05, 0.1) is 0 Å². The highest BCUT2D eigenvalue weighted by Crippen LogP contribution is 2.37. The lowest BCUT2D eigenvalue weighted by Gasteiger charge is -2.36. The predicted molar refractivity (Wildman–Crippen MR) is 190 cm³/mol. The number of ether oxygens (including phenoxy) is 2. The molecule has 9 nitrogen and oxygen atoms in total. The van der Waals surface area contributed by atoms with Crippen LogP contribution in [0.15, 0.2) is 78.9 Å². The Labute approximate surface area is 290 Å². The van der Waals surface area contributed by atoms with Crippen LogP contribution in [0.1, 0.15) is 88.2 Å². The number of carbonyl (C=O) groups excluding carboxylic acids is 4. The van der Waals surface area contributed by atoms with Crippen LogP contribution in [0.3, 0.4) is 0 Å². The molecule has 49 heavy (non-hydrogen) atoms. The Hall–Kier alpha value is -4.66. The lowest BCUT2D eigenvalue weighted by Crippen LogP contribution is -2.56. The van der Waals surface area contributed by atoms with Crippen LogP contribution in [-0.4, -0.2) is 58.1 Å². The predicted octanol–water partition coefficient (Wildman–Crippen LogP) is 6.54. The van der Waals surface area contributed by atoms with Crippen molar-refractivity contribution in [2.75, 3.05) is 0 Å². The Morgan fingerprint density at radius 1 is 0.735 bits per heavy atom. The molecule has 4 rings (SSSR count). The van der Waals surface area contributed by atoms with Gasteiger partial charge in [0.25, 0.3) is 0 Å². The van der Waals surface area contributed by atoms with E-state index in [0.29, 0.717) is 18.4 Å². The van der Waals surface area contributed by atoms with Gasteiger partial charge >= 0.3 is 12.1 Å². The maximum atomic E-state index is 14.8. The summed E-state index contributed by atoms with van der Waals surface area (Å²) in [5, 5.41) is 5.80. The van der Waals surface area contributed by atoms with Crippen LogP contribution in [0.5, 0.6) is 0 Å². The number of esters is 1. The second-order valence-electron chi connectivity index (χ2n) is 14.9. The fraction of sp³-hybridized carbons (Fsp3) is 0.450. The fourth-order valence-electron chi connectivity index (χ4n) is 5.77. The van der Waals surface area contributed by atoms with Gasteiger partial charge in [-0.1, -0.05) is 84.4 Å². The van der Waals surface area contributed by atoms with E-state index in [1.54, 1.807) is 46.4 Å². The van der Waals surface area contributed by atoms with Crippen LogP contribution in [0.4, 0.5) is 4.79 Å². The molecule has 1 aliphatic rings. The van der Waals surface area contributed by atoms with Crippen molar-refractivity contribution >= 4 is 23.9 Å². The van der Waals surface area contributed by atoms with Crippen LogP contribution in [-0.2, 0) is 36.7 Å². The van der Waals surface area contributed by atoms with Gasteiger partial charge in [0, 0.05) is 18.9 Å². The maximum Gasteiger partial charge on any atom is 0.408 e. The first-order chi connectivity index (χ1) is 23.0. The van der Waals surface area contributed by atoms with Crippen LogP contribution >= 0.6 is 0 Å². The molecule has 0 bridgehead atoms. The smallest absolute Gasteiger partial charge is 0.408 e. The first-order valence-corrected chi connectivity index (χ1v) is 17.0. The van der Waals surface area contributed by atoms with E-state index in [2.05, 4.69) is 10.6 Å². The molecule has 3 aromatic carbocycles. The lowest BCUT2D eigenvalue weighted by atomic mass is 9.95. The number of aryl methyl sites for hydroxylation is 2. The fourth-order valence-corrected chi connectivity index (χ4v) is 5.77. The second kappa shape index (κ2) is 15.7. The monoisotopic (exact) mass is 669 g/mol. The molecule has 262 valence electrons. The third kappa shape index (κ3) is 11.2. The number of hydrogen-bond donors (Lipinski definition) is 2. The molecule has 0 heterocycles. The molecular formula is C40H51N3O6. The van der Waals surface area contributed by atoms with Gasteiger partial charge in [-0.05, 0) is 90.5 Å². The number of rotatable bonds is 12. The third-order valence-corrected chi connectivity index (χ3v) is 8.00. The average molecular weight is 670 g/mol. The zero-order valence-electron chi connectivity index (χ0n) is 30.0. The largest absolute Gasteiger partial charge is 0.458 e. The number of amides is 3. The highest BCUT2D eigenvalue weighted by molar-refractivity contribution is 5.94. The minimum atomic E-state index is -1.08. The van der Waals surface area contributed by atoms with Gasteiger partial charge in [0.15, 0.2) is 0 Å². The number of benzene rings is 3. The minimum absolute atomic E-state index is 0.192. The summed E-state index contributed by atoms with van der Waals surface area (Å²) in [5.41, 5.74) is 2.61. The highest BCUT2D eigenvalue weighted by atomic mass is 16.6. The number of alkyl carbamates (subject to hydrolysis) is 1. The molecule has 1 saturated carbocycles. The van der Waals surface area contributed by atoms with E-state index in [9.17, 15) is 19.2 Å². The molecule has 0 spiro atoms. The lowest BCUT2D eigenvalue weighted by molar-refractivity contribution is -0.159. The van der Waals surface area contributed by atoms with Crippen molar-refractivity contribution in [2.45, 2.75) is 116 Å². The van der Waals surface area contributed by atoms with Crippen LogP contribution in [0, 0.1) is 13.8 Å². The highest BCUT2D eigenvalue weighted by Gasteiger charge is 2.45. The van der Waals surface area contributed by atoms with Crippen molar-refractivity contribution in [1.82, 2.24) is 15.5 Å². The van der Waals surface area contributed by atoms with Crippen molar-refractivity contribution in [3.8, 4) is 0 Å². The quantitative estimate of drug-likeness (QED) is 0.212. The Morgan fingerprint density at radius 2 is 1.27 bits per heavy atom. The van der Waals surface area contributed by atoms with E-state index in [0.717, 1.165) is 22.3 Å². The molecule has 0 aliphatic heterocycles. The molecule has 3 atom stereocenters. The maximum absolute atomic E-state index is 14.8. The van der Waals surface area contributed by atoms with Gasteiger partial charge in [-0.25, -0.2) is 9.59 Å². The average Bonchev–Trinajstić information content (AvgIpc) is 3.84. The van der Waals surface area contributed by atoms with Gasteiger partial charge in [-0.15, -0.1) is 0 Å². The standard InChI is InChI=1S/C40H51N3O6/c1-26-19-22-31(27(2)23-26)34(35(44)41-33(37(46)48-39(3,4)5)25-29-17-13-10-14-18-29)43(30-20-21-30)36(45)32(24-28-15-11-9-12-16-28)42-38(47)49-40(6,7)8/h9-19,22-23,30,32-34H,20-21,24-25H2,1-8H3,(H,41,44)(H,42,47). The number of nitrogens with one attached hydrogen (secondary N) is 2. The molecule has 1 aliphatic carbocycles. The SMILES string of the molecule is Cc1ccc(C(C(=O)NC(Cc2ccccc2)C(=O)OC(C)(C)C)N(C(=O)C(Cc2ccccc2)NC(=O)OC(C)(C)C)C2CC2)c(C)c1. The number of nitrogens with zero attached hydrogens (tertiary/aromatic N) is 1. The van der Waals surface area contributed by atoms with Gasteiger partial charge in [-0.2, -0.15) is 0 Å². The first-order valence-electron chi connectivity index (χ1n) is 17.0. The van der Waals surface area contributed by atoms with Crippen molar-refractivity contribution in [2.24, 2.45) is 0 Å². The van der Waals surface area contributed by atoms with E-state index in [4.69, 9.17) is 9.47 Å².